The highest BCUT2D eigenvalue weighted by atomic mass is 35.5. The zero-order chi connectivity index (χ0) is 13.6. The molecule has 19 heavy (non-hydrogen) atoms. The molecule has 0 bridgehead atoms. The average Bonchev–Trinajstić information content (AvgIpc) is 2.92. The Morgan fingerprint density at radius 1 is 1.05 bits per heavy atom. The molecule has 0 N–H and O–H groups in total. The normalized spacial score (nSPS) is 20.4. The van der Waals surface area contributed by atoms with E-state index in [0.29, 0.717) is 5.82 Å². The van der Waals surface area contributed by atoms with E-state index < -0.39 is 4.46 Å². The van der Waals surface area contributed by atoms with Gasteiger partial charge >= 0.3 is 0 Å². The maximum Gasteiger partial charge on any atom is 0.225 e. The molecule has 98 valence electrons. The molecule has 3 nitrogen and oxygen atoms in total. The maximum atomic E-state index is 6.29. The van der Waals surface area contributed by atoms with Crippen LogP contribution in [0.15, 0.2) is 36.4 Å². The molecule has 1 aromatic carbocycles. The summed E-state index contributed by atoms with van der Waals surface area (Å²) in [5.74, 6) is 0.504. The van der Waals surface area contributed by atoms with Gasteiger partial charge in [0.15, 0.2) is 0 Å². The van der Waals surface area contributed by atoms with Gasteiger partial charge in [-0.1, -0.05) is 65.1 Å². The maximum absolute atomic E-state index is 6.29. The molecule has 3 rings (SSSR count). The first-order valence-electron chi connectivity index (χ1n) is 5.42. The third-order valence-corrected chi connectivity index (χ3v) is 4.00. The highest BCUT2D eigenvalue weighted by molar-refractivity contribution is 6.53. The van der Waals surface area contributed by atoms with Gasteiger partial charge in [-0.25, -0.2) is 9.97 Å². The number of rotatable bonds is 2. The van der Waals surface area contributed by atoms with Crippen LogP contribution in [-0.2, 0) is 0 Å². The van der Waals surface area contributed by atoms with Crippen LogP contribution in [0.5, 0.6) is 0 Å². The summed E-state index contributed by atoms with van der Waals surface area (Å²) in [6.07, 6.45) is 0. The Hall–Kier alpha value is -0.740. The molecule has 2 heterocycles. The van der Waals surface area contributed by atoms with E-state index in [-0.39, 0.29) is 16.5 Å². The molecule has 1 atom stereocenters. The summed E-state index contributed by atoms with van der Waals surface area (Å²) in [4.78, 5) is 9.62. The minimum atomic E-state index is -1.05. The van der Waals surface area contributed by atoms with Crippen LogP contribution in [0.1, 0.15) is 11.6 Å². The minimum absolute atomic E-state index is 0.0605. The number of aromatic nitrogens is 2. The Bertz CT molecular complexity index is 597. The van der Waals surface area contributed by atoms with Crippen LogP contribution < -0.4 is 4.90 Å². The van der Waals surface area contributed by atoms with Crippen molar-refractivity contribution in [2.45, 2.75) is 10.5 Å². The summed E-state index contributed by atoms with van der Waals surface area (Å²) < 4.78 is -1.05. The smallest absolute Gasteiger partial charge is 0.225 e. The molecule has 0 aliphatic carbocycles. The summed E-state index contributed by atoms with van der Waals surface area (Å²) in [6, 6.07) is 11.1. The quantitative estimate of drug-likeness (QED) is 0.266. The third-order valence-electron chi connectivity index (χ3n) is 2.86. The first kappa shape index (κ1) is 13.3. The molecule has 7 heteroatoms. The first-order valence-corrected chi connectivity index (χ1v) is 6.93. The minimum Gasteiger partial charge on any atom is -0.311 e. The molecule has 0 spiro atoms. The number of halogens is 4. The summed E-state index contributed by atoms with van der Waals surface area (Å²) in [5, 5.41) is 0.309. The van der Waals surface area contributed by atoms with Crippen molar-refractivity contribution in [1.82, 2.24) is 9.97 Å². The van der Waals surface area contributed by atoms with Crippen molar-refractivity contribution < 1.29 is 0 Å². The lowest BCUT2D eigenvalue weighted by atomic mass is 10.2. The van der Waals surface area contributed by atoms with E-state index in [4.69, 9.17) is 46.4 Å². The van der Waals surface area contributed by atoms with E-state index in [9.17, 15) is 0 Å². The van der Waals surface area contributed by atoms with Crippen LogP contribution in [0.2, 0.25) is 10.4 Å². The molecular weight excluding hydrogens is 328 g/mol. The molecule has 0 amide bonds. The van der Waals surface area contributed by atoms with Crippen molar-refractivity contribution in [3.8, 4) is 0 Å². The van der Waals surface area contributed by atoms with E-state index in [1.54, 1.807) is 11.0 Å². The van der Waals surface area contributed by atoms with Crippen molar-refractivity contribution >= 4 is 52.2 Å². The zero-order valence-electron chi connectivity index (χ0n) is 9.39. The fourth-order valence-corrected chi connectivity index (χ4v) is 3.13. The number of anilines is 1. The number of hydrogen-bond donors (Lipinski definition) is 0. The van der Waals surface area contributed by atoms with Crippen LogP contribution in [-0.4, -0.2) is 14.4 Å². The second-order valence-electron chi connectivity index (χ2n) is 4.09. The van der Waals surface area contributed by atoms with E-state index in [0.717, 1.165) is 5.56 Å². The SMILES string of the molecule is Clc1cc(N2C(c3ccccc3)C2(Cl)Cl)nc(Cl)n1. The van der Waals surface area contributed by atoms with Crippen LogP contribution in [0.4, 0.5) is 5.82 Å². The van der Waals surface area contributed by atoms with Gasteiger partial charge in [0, 0.05) is 6.07 Å². The highest BCUT2D eigenvalue weighted by Crippen LogP contribution is 2.60. The lowest BCUT2D eigenvalue weighted by Gasteiger charge is -2.05. The Balaban J connectivity index is 1.98. The van der Waals surface area contributed by atoms with Gasteiger partial charge < -0.3 is 4.90 Å². The Morgan fingerprint density at radius 2 is 1.74 bits per heavy atom. The van der Waals surface area contributed by atoms with Gasteiger partial charge in [-0.3, -0.25) is 0 Å². The summed E-state index contributed by atoms with van der Waals surface area (Å²) in [5.41, 5.74) is 0.998. The number of nitrogens with zero attached hydrogens (tertiary/aromatic N) is 3. The Labute approximate surface area is 130 Å². The standard InChI is InChI=1S/C12H7Cl4N3/c13-8-6-9(18-11(14)17-8)19-10(12(19,15)16)7-4-2-1-3-5-7/h1-6,10H. The second kappa shape index (κ2) is 4.67. The Morgan fingerprint density at radius 3 is 2.37 bits per heavy atom. The number of alkyl halides is 2. The van der Waals surface area contributed by atoms with E-state index >= 15 is 0 Å². The van der Waals surface area contributed by atoms with Gasteiger partial charge in [-0.15, -0.1) is 0 Å². The van der Waals surface area contributed by atoms with Crippen molar-refractivity contribution in [3.05, 3.63) is 52.4 Å². The topological polar surface area (TPSA) is 28.8 Å². The van der Waals surface area contributed by atoms with E-state index in [1.165, 1.54) is 0 Å². The van der Waals surface area contributed by atoms with Gasteiger partial charge in [0.25, 0.3) is 0 Å². The fourth-order valence-electron chi connectivity index (χ4n) is 2.02. The average molecular weight is 335 g/mol. The van der Waals surface area contributed by atoms with Crippen LogP contribution in [0.3, 0.4) is 0 Å². The molecule has 1 aliphatic rings. The monoisotopic (exact) mass is 333 g/mol. The summed E-state index contributed by atoms with van der Waals surface area (Å²) >= 11 is 24.2. The third kappa shape index (κ3) is 2.36. The fraction of sp³-hybridized carbons (Fsp3) is 0.167. The van der Waals surface area contributed by atoms with E-state index in [2.05, 4.69) is 9.97 Å². The molecule has 1 aromatic heterocycles. The van der Waals surface area contributed by atoms with Crippen LogP contribution in [0.25, 0.3) is 0 Å². The van der Waals surface area contributed by atoms with Crippen molar-refractivity contribution in [2.75, 3.05) is 4.90 Å². The molecule has 0 radical (unpaired) electrons. The van der Waals surface area contributed by atoms with Crippen molar-refractivity contribution in [2.24, 2.45) is 0 Å². The molecule has 2 aromatic rings. The molecule has 0 saturated carbocycles. The Kier molecular flexibility index (Phi) is 3.26. The van der Waals surface area contributed by atoms with Gasteiger partial charge in [0.1, 0.15) is 17.0 Å². The lowest BCUT2D eigenvalue weighted by molar-refractivity contribution is 1.07. The van der Waals surface area contributed by atoms with Gasteiger partial charge in [-0.05, 0) is 17.2 Å². The zero-order valence-corrected chi connectivity index (χ0v) is 12.4. The van der Waals surface area contributed by atoms with Gasteiger partial charge in [0.05, 0.1) is 0 Å². The molecular formula is C12H7Cl4N3. The summed E-state index contributed by atoms with van der Waals surface area (Å²) in [6.45, 7) is 0. The molecule has 1 saturated heterocycles. The predicted octanol–water partition coefficient (Wildman–Crippen LogP) is 4.48. The molecule has 1 fully saturated rings. The van der Waals surface area contributed by atoms with Crippen molar-refractivity contribution in [3.63, 3.8) is 0 Å². The molecule has 1 aliphatic heterocycles. The lowest BCUT2D eigenvalue weighted by Crippen LogP contribution is -2.04. The van der Waals surface area contributed by atoms with Crippen molar-refractivity contribution in [1.29, 1.82) is 0 Å². The number of benzene rings is 1. The largest absolute Gasteiger partial charge is 0.311 e. The predicted molar refractivity (Wildman–Crippen MR) is 78.2 cm³/mol. The van der Waals surface area contributed by atoms with E-state index in [1.807, 2.05) is 30.3 Å². The van der Waals surface area contributed by atoms with Crippen LogP contribution in [0, 0.1) is 0 Å². The molecule has 1 unspecified atom stereocenters. The van der Waals surface area contributed by atoms with Crippen LogP contribution >= 0.6 is 46.4 Å². The number of hydrogen-bond acceptors (Lipinski definition) is 3. The first-order chi connectivity index (χ1) is 9.00. The van der Waals surface area contributed by atoms with Gasteiger partial charge in [0.2, 0.25) is 9.74 Å². The van der Waals surface area contributed by atoms with Gasteiger partial charge in [-0.2, -0.15) is 0 Å². The summed E-state index contributed by atoms with van der Waals surface area (Å²) in [7, 11) is 0. The highest BCUT2D eigenvalue weighted by Gasteiger charge is 2.62. The second-order valence-corrected chi connectivity index (χ2v) is 6.16.